The van der Waals surface area contributed by atoms with E-state index >= 15 is 0 Å². The lowest BCUT2D eigenvalue weighted by Gasteiger charge is -2.14. The average molecular weight is 475 g/mol. The first kappa shape index (κ1) is 23.2. The molecule has 2 N–H and O–H groups in total. The normalized spacial score (nSPS) is 11.8. The maximum Gasteiger partial charge on any atom is 0.262 e. The minimum Gasteiger partial charge on any atom is -0.495 e. The molecule has 168 valence electrons. The van der Waals surface area contributed by atoms with Crippen LogP contribution in [-0.2, 0) is 20.0 Å². The maximum absolute atomic E-state index is 12.9. The number of ether oxygens (including phenoxy) is 2. The third kappa shape index (κ3) is 5.80. The molecular formula is C22H22N2O6S2. The van der Waals surface area contributed by atoms with Crippen LogP contribution in [0.5, 0.6) is 11.5 Å². The van der Waals surface area contributed by atoms with Crippen LogP contribution in [0.25, 0.3) is 6.08 Å². The summed E-state index contributed by atoms with van der Waals surface area (Å²) in [4.78, 5) is -0.158. The van der Waals surface area contributed by atoms with Gasteiger partial charge in [-0.15, -0.1) is 0 Å². The highest BCUT2D eigenvalue weighted by atomic mass is 32.2. The van der Waals surface area contributed by atoms with E-state index < -0.39 is 20.0 Å². The highest BCUT2D eigenvalue weighted by Gasteiger charge is 2.20. The Morgan fingerprint density at radius 2 is 1.34 bits per heavy atom. The van der Waals surface area contributed by atoms with E-state index in [-0.39, 0.29) is 22.0 Å². The van der Waals surface area contributed by atoms with Gasteiger partial charge >= 0.3 is 0 Å². The molecule has 3 rings (SSSR count). The Labute approximate surface area is 187 Å². The number of anilines is 2. The molecule has 3 aromatic rings. The number of para-hydroxylation sites is 2. The van der Waals surface area contributed by atoms with E-state index in [4.69, 9.17) is 9.47 Å². The lowest BCUT2D eigenvalue weighted by Crippen LogP contribution is -2.15. The quantitative estimate of drug-likeness (QED) is 0.486. The first-order valence-corrected chi connectivity index (χ1v) is 12.4. The molecular weight excluding hydrogens is 452 g/mol. The molecule has 0 aliphatic carbocycles. The van der Waals surface area contributed by atoms with Gasteiger partial charge in [0.1, 0.15) is 11.5 Å². The molecule has 0 fully saturated rings. The number of rotatable bonds is 9. The molecule has 0 saturated carbocycles. The fourth-order valence-electron chi connectivity index (χ4n) is 2.79. The summed E-state index contributed by atoms with van der Waals surface area (Å²) in [6, 6.07) is 19.3. The van der Waals surface area contributed by atoms with Crippen molar-refractivity contribution in [3.8, 4) is 11.5 Å². The summed E-state index contributed by atoms with van der Waals surface area (Å²) >= 11 is 0. The van der Waals surface area contributed by atoms with Gasteiger partial charge in [-0.2, -0.15) is 0 Å². The van der Waals surface area contributed by atoms with E-state index in [0.29, 0.717) is 11.3 Å². The van der Waals surface area contributed by atoms with E-state index in [0.717, 1.165) is 5.41 Å². The van der Waals surface area contributed by atoms with Gasteiger partial charge in [-0.25, -0.2) is 16.8 Å². The van der Waals surface area contributed by atoms with Crippen molar-refractivity contribution in [2.45, 2.75) is 4.90 Å². The zero-order valence-electron chi connectivity index (χ0n) is 17.3. The summed E-state index contributed by atoms with van der Waals surface area (Å²) < 4.78 is 66.0. The van der Waals surface area contributed by atoms with E-state index in [1.807, 2.05) is 6.07 Å². The molecule has 0 aromatic heterocycles. The predicted molar refractivity (Wildman–Crippen MR) is 125 cm³/mol. The van der Waals surface area contributed by atoms with Crippen LogP contribution in [0.2, 0.25) is 0 Å². The highest BCUT2D eigenvalue weighted by Crippen LogP contribution is 2.31. The van der Waals surface area contributed by atoms with Crippen molar-refractivity contribution in [1.29, 1.82) is 0 Å². The minimum atomic E-state index is -4.04. The first-order chi connectivity index (χ1) is 15.2. The summed E-state index contributed by atoms with van der Waals surface area (Å²) in [5, 5.41) is 0.996. The smallest absolute Gasteiger partial charge is 0.262 e. The lowest BCUT2D eigenvalue weighted by atomic mass is 10.2. The third-order valence-electron chi connectivity index (χ3n) is 4.32. The van der Waals surface area contributed by atoms with Gasteiger partial charge in [0.05, 0.1) is 35.9 Å². The zero-order valence-corrected chi connectivity index (χ0v) is 19.0. The van der Waals surface area contributed by atoms with Gasteiger partial charge in [0.15, 0.2) is 0 Å². The maximum atomic E-state index is 12.9. The Balaban J connectivity index is 1.90. The van der Waals surface area contributed by atoms with Crippen LogP contribution >= 0.6 is 0 Å². The van der Waals surface area contributed by atoms with E-state index in [2.05, 4.69) is 9.44 Å². The molecule has 0 unspecified atom stereocenters. The second kappa shape index (κ2) is 9.75. The molecule has 0 aliphatic heterocycles. The van der Waals surface area contributed by atoms with Crippen molar-refractivity contribution < 1.29 is 26.3 Å². The number of nitrogens with one attached hydrogen (secondary N) is 2. The molecule has 10 heteroatoms. The molecule has 0 amide bonds. The van der Waals surface area contributed by atoms with Crippen molar-refractivity contribution in [2.75, 3.05) is 23.7 Å². The average Bonchev–Trinajstić information content (AvgIpc) is 2.78. The number of hydrogen-bond acceptors (Lipinski definition) is 6. The largest absolute Gasteiger partial charge is 0.495 e. The first-order valence-electron chi connectivity index (χ1n) is 9.34. The van der Waals surface area contributed by atoms with Crippen LogP contribution in [0, 0.1) is 0 Å². The molecule has 0 atom stereocenters. The van der Waals surface area contributed by atoms with Crippen LogP contribution < -0.4 is 18.9 Å². The van der Waals surface area contributed by atoms with Crippen molar-refractivity contribution >= 4 is 37.5 Å². The lowest BCUT2D eigenvalue weighted by molar-refractivity contribution is 0.416. The topological polar surface area (TPSA) is 111 Å². The van der Waals surface area contributed by atoms with Crippen molar-refractivity contribution in [2.24, 2.45) is 0 Å². The minimum absolute atomic E-state index is 0.0203. The zero-order chi connectivity index (χ0) is 23.2. The Bertz CT molecular complexity index is 1320. The van der Waals surface area contributed by atoms with Gasteiger partial charge in [-0.1, -0.05) is 42.5 Å². The molecule has 0 bridgehead atoms. The Morgan fingerprint density at radius 3 is 2.03 bits per heavy atom. The van der Waals surface area contributed by atoms with Gasteiger partial charge in [0.25, 0.3) is 20.0 Å². The summed E-state index contributed by atoms with van der Waals surface area (Å²) in [6.07, 6.45) is 1.43. The molecule has 0 radical (unpaired) electrons. The highest BCUT2D eigenvalue weighted by molar-refractivity contribution is 7.95. The monoisotopic (exact) mass is 474 g/mol. The second-order valence-corrected chi connectivity index (χ2v) is 9.78. The van der Waals surface area contributed by atoms with Crippen molar-refractivity contribution in [3.05, 3.63) is 83.8 Å². The van der Waals surface area contributed by atoms with Crippen LogP contribution in [0.3, 0.4) is 0 Å². The van der Waals surface area contributed by atoms with Crippen molar-refractivity contribution in [3.63, 3.8) is 0 Å². The van der Waals surface area contributed by atoms with E-state index in [9.17, 15) is 16.8 Å². The molecule has 0 spiro atoms. The number of methoxy groups -OCH3 is 2. The predicted octanol–water partition coefficient (Wildman–Crippen LogP) is 3.92. The molecule has 0 heterocycles. The van der Waals surface area contributed by atoms with Gasteiger partial charge in [-0.05, 0) is 42.0 Å². The molecule has 3 aromatic carbocycles. The summed E-state index contributed by atoms with van der Waals surface area (Å²) in [5.74, 6) is 0.509. The van der Waals surface area contributed by atoms with Crippen LogP contribution in [-0.4, -0.2) is 31.1 Å². The second-order valence-electron chi connectivity index (χ2n) is 6.53. The van der Waals surface area contributed by atoms with Gasteiger partial charge in [0, 0.05) is 0 Å². The Kier molecular flexibility index (Phi) is 7.06. The van der Waals surface area contributed by atoms with Gasteiger partial charge in [-0.3, -0.25) is 9.44 Å². The van der Waals surface area contributed by atoms with Crippen LogP contribution in [0.1, 0.15) is 5.56 Å². The molecule has 8 nitrogen and oxygen atoms in total. The fourth-order valence-corrected chi connectivity index (χ4v) is 4.75. The van der Waals surface area contributed by atoms with E-state index in [1.165, 1.54) is 38.5 Å². The van der Waals surface area contributed by atoms with Crippen molar-refractivity contribution in [1.82, 2.24) is 0 Å². The summed E-state index contributed by atoms with van der Waals surface area (Å²) in [7, 11) is -5.20. The van der Waals surface area contributed by atoms with Gasteiger partial charge in [0.2, 0.25) is 0 Å². The molecule has 0 aliphatic rings. The standard InChI is InChI=1S/C22H22N2O6S2/c1-29-21-11-7-6-10-19(21)24-32(27,28)18-12-13-22(30-2)20(16-18)23-31(25,26)15-14-17-8-4-3-5-9-17/h3-16,23-24H,1-2H3/b15-14+. The van der Waals surface area contributed by atoms with E-state index in [1.54, 1.807) is 48.5 Å². The Morgan fingerprint density at radius 1 is 0.719 bits per heavy atom. The molecule has 0 saturated heterocycles. The summed E-state index contributed by atoms with van der Waals surface area (Å²) in [6.45, 7) is 0. The number of benzene rings is 3. The van der Waals surface area contributed by atoms with Crippen LogP contribution in [0.15, 0.2) is 83.1 Å². The number of hydrogen-bond donors (Lipinski definition) is 2. The van der Waals surface area contributed by atoms with Crippen LogP contribution in [0.4, 0.5) is 11.4 Å². The number of sulfonamides is 2. The summed E-state index contributed by atoms with van der Waals surface area (Å²) in [5.41, 5.74) is 0.925. The third-order valence-corrected chi connectivity index (χ3v) is 6.69. The fraction of sp³-hybridized carbons (Fsp3) is 0.0909. The SMILES string of the molecule is COc1ccc(S(=O)(=O)Nc2ccccc2OC)cc1NS(=O)(=O)/C=C/c1ccccc1. The Hall–Kier alpha value is -3.50. The molecule has 32 heavy (non-hydrogen) atoms. The van der Waals surface area contributed by atoms with Gasteiger partial charge < -0.3 is 9.47 Å².